The summed E-state index contributed by atoms with van der Waals surface area (Å²) in [7, 11) is 0. The van der Waals surface area contributed by atoms with Gasteiger partial charge in [-0.05, 0) is 23.6 Å². The van der Waals surface area contributed by atoms with Gasteiger partial charge < -0.3 is 10.1 Å². The fourth-order valence-electron chi connectivity index (χ4n) is 2.76. The molecule has 0 aromatic heterocycles. The standard InChI is InChI=1S/C17H25FN2O2/c1-13(2)16(20-7-9-22-10-8-20)12-19-17(21)11-14-3-5-15(18)6-4-14/h3-6,13,16H,7-12H2,1-2H3,(H,19,21). The SMILES string of the molecule is CC(C)C(CNC(=O)Cc1ccc(F)cc1)N1CCOCC1. The van der Waals surface area contributed by atoms with Crippen LogP contribution in [0.2, 0.25) is 0 Å². The first-order valence-electron chi connectivity index (χ1n) is 7.89. The summed E-state index contributed by atoms with van der Waals surface area (Å²) in [5.74, 6) is 0.158. The molecular formula is C17H25FN2O2. The molecule has 1 aliphatic heterocycles. The number of rotatable bonds is 6. The third kappa shape index (κ3) is 5.07. The summed E-state index contributed by atoms with van der Waals surface area (Å²) in [4.78, 5) is 14.4. The number of nitrogens with zero attached hydrogens (tertiary/aromatic N) is 1. The average Bonchev–Trinajstić information content (AvgIpc) is 2.50. The molecule has 1 N–H and O–H groups in total. The highest BCUT2D eigenvalue weighted by atomic mass is 19.1. The molecule has 0 bridgehead atoms. The lowest BCUT2D eigenvalue weighted by Crippen LogP contribution is -2.51. The Kier molecular flexibility index (Phi) is 6.34. The highest BCUT2D eigenvalue weighted by Crippen LogP contribution is 2.12. The van der Waals surface area contributed by atoms with E-state index in [2.05, 4.69) is 24.1 Å². The zero-order valence-corrected chi connectivity index (χ0v) is 13.3. The van der Waals surface area contributed by atoms with E-state index in [-0.39, 0.29) is 18.1 Å². The Bertz CT molecular complexity index is 470. The van der Waals surface area contributed by atoms with E-state index in [4.69, 9.17) is 4.74 Å². The summed E-state index contributed by atoms with van der Waals surface area (Å²) in [6, 6.07) is 6.38. The molecule has 1 fully saturated rings. The number of halogens is 1. The van der Waals surface area contributed by atoms with Crippen molar-refractivity contribution < 1.29 is 13.9 Å². The van der Waals surface area contributed by atoms with E-state index in [0.717, 1.165) is 31.9 Å². The second kappa shape index (κ2) is 8.25. The Morgan fingerprint density at radius 3 is 2.50 bits per heavy atom. The number of hydrogen-bond acceptors (Lipinski definition) is 3. The molecule has 0 spiro atoms. The fourth-order valence-corrected chi connectivity index (χ4v) is 2.76. The van der Waals surface area contributed by atoms with Crippen molar-refractivity contribution in [1.29, 1.82) is 0 Å². The number of carbonyl (C=O) groups excluding carboxylic acids is 1. The minimum absolute atomic E-state index is 0.0227. The Morgan fingerprint density at radius 2 is 1.91 bits per heavy atom. The molecule has 1 heterocycles. The highest BCUT2D eigenvalue weighted by molar-refractivity contribution is 5.78. The van der Waals surface area contributed by atoms with Gasteiger partial charge >= 0.3 is 0 Å². The molecule has 1 atom stereocenters. The van der Waals surface area contributed by atoms with Crippen LogP contribution in [0.3, 0.4) is 0 Å². The maximum atomic E-state index is 12.9. The third-order valence-corrected chi connectivity index (χ3v) is 4.07. The van der Waals surface area contributed by atoms with Gasteiger partial charge in [0.15, 0.2) is 0 Å². The summed E-state index contributed by atoms with van der Waals surface area (Å²) in [6.45, 7) is 8.32. The topological polar surface area (TPSA) is 41.6 Å². The van der Waals surface area contributed by atoms with E-state index >= 15 is 0 Å². The van der Waals surface area contributed by atoms with Gasteiger partial charge in [-0.15, -0.1) is 0 Å². The average molecular weight is 308 g/mol. The molecular weight excluding hydrogens is 283 g/mol. The first-order chi connectivity index (χ1) is 10.6. The largest absolute Gasteiger partial charge is 0.379 e. The van der Waals surface area contributed by atoms with Gasteiger partial charge in [-0.1, -0.05) is 26.0 Å². The van der Waals surface area contributed by atoms with Gasteiger partial charge in [-0.2, -0.15) is 0 Å². The van der Waals surface area contributed by atoms with E-state index in [1.54, 1.807) is 12.1 Å². The van der Waals surface area contributed by atoms with Crippen molar-refractivity contribution >= 4 is 5.91 Å². The summed E-state index contributed by atoms with van der Waals surface area (Å²) < 4.78 is 18.2. The lowest BCUT2D eigenvalue weighted by atomic mass is 10.0. The van der Waals surface area contributed by atoms with Gasteiger partial charge in [-0.3, -0.25) is 9.69 Å². The van der Waals surface area contributed by atoms with Crippen molar-refractivity contribution in [2.75, 3.05) is 32.8 Å². The van der Waals surface area contributed by atoms with Crippen LogP contribution in [0, 0.1) is 11.7 Å². The van der Waals surface area contributed by atoms with Crippen molar-refractivity contribution in [3.8, 4) is 0 Å². The van der Waals surface area contributed by atoms with Gasteiger partial charge in [0.05, 0.1) is 19.6 Å². The summed E-state index contributed by atoms with van der Waals surface area (Å²) in [5.41, 5.74) is 0.825. The molecule has 122 valence electrons. The van der Waals surface area contributed by atoms with Gasteiger partial charge in [0, 0.05) is 25.7 Å². The Balaban J connectivity index is 1.83. The smallest absolute Gasteiger partial charge is 0.224 e. The molecule has 0 radical (unpaired) electrons. The van der Waals surface area contributed by atoms with Crippen LogP contribution in [0.5, 0.6) is 0 Å². The van der Waals surface area contributed by atoms with Gasteiger partial charge in [-0.25, -0.2) is 4.39 Å². The molecule has 1 amide bonds. The van der Waals surface area contributed by atoms with Crippen LogP contribution in [0.1, 0.15) is 19.4 Å². The lowest BCUT2D eigenvalue weighted by molar-refractivity contribution is -0.120. The van der Waals surface area contributed by atoms with Crippen molar-refractivity contribution in [3.63, 3.8) is 0 Å². The molecule has 1 aromatic carbocycles. The minimum Gasteiger partial charge on any atom is -0.379 e. The molecule has 0 saturated carbocycles. The second-order valence-corrected chi connectivity index (χ2v) is 6.07. The first kappa shape index (κ1) is 16.9. The molecule has 1 unspecified atom stereocenters. The van der Waals surface area contributed by atoms with E-state index in [0.29, 0.717) is 18.5 Å². The Labute approximate surface area is 131 Å². The molecule has 1 saturated heterocycles. The quantitative estimate of drug-likeness (QED) is 0.872. The van der Waals surface area contributed by atoms with Crippen LogP contribution in [0.4, 0.5) is 4.39 Å². The molecule has 22 heavy (non-hydrogen) atoms. The van der Waals surface area contributed by atoms with Gasteiger partial charge in [0.2, 0.25) is 5.91 Å². The highest BCUT2D eigenvalue weighted by Gasteiger charge is 2.24. The maximum absolute atomic E-state index is 12.9. The third-order valence-electron chi connectivity index (χ3n) is 4.07. The van der Waals surface area contributed by atoms with Crippen LogP contribution in [0.15, 0.2) is 24.3 Å². The van der Waals surface area contributed by atoms with Crippen LogP contribution in [-0.2, 0) is 16.0 Å². The molecule has 1 aliphatic rings. The van der Waals surface area contributed by atoms with Crippen LogP contribution in [-0.4, -0.2) is 49.7 Å². The molecule has 4 nitrogen and oxygen atoms in total. The summed E-state index contributed by atoms with van der Waals surface area (Å²) >= 11 is 0. The predicted molar refractivity (Wildman–Crippen MR) is 84.1 cm³/mol. The first-order valence-corrected chi connectivity index (χ1v) is 7.89. The van der Waals surface area contributed by atoms with E-state index in [1.165, 1.54) is 12.1 Å². The van der Waals surface area contributed by atoms with E-state index in [9.17, 15) is 9.18 Å². The van der Waals surface area contributed by atoms with Crippen LogP contribution >= 0.6 is 0 Å². The number of amides is 1. The molecule has 5 heteroatoms. The van der Waals surface area contributed by atoms with E-state index < -0.39 is 0 Å². The van der Waals surface area contributed by atoms with Crippen LogP contribution < -0.4 is 5.32 Å². The second-order valence-electron chi connectivity index (χ2n) is 6.07. The fraction of sp³-hybridized carbons (Fsp3) is 0.588. The van der Waals surface area contributed by atoms with Crippen molar-refractivity contribution in [2.45, 2.75) is 26.3 Å². The Hall–Kier alpha value is -1.46. The molecule has 1 aromatic rings. The molecule has 2 rings (SSSR count). The lowest BCUT2D eigenvalue weighted by Gasteiger charge is -2.36. The number of ether oxygens (including phenoxy) is 1. The van der Waals surface area contributed by atoms with Crippen molar-refractivity contribution in [2.24, 2.45) is 5.92 Å². The number of benzene rings is 1. The van der Waals surface area contributed by atoms with Gasteiger partial charge in [0.1, 0.15) is 5.82 Å². The zero-order valence-electron chi connectivity index (χ0n) is 13.3. The number of nitrogens with one attached hydrogen (secondary N) is 1. The monoisotopic (exact) mass is 308 g/mol. The number of morpholine rings is 1. The number of carbonyl (C=O) groups is 1. The normalized spacial score (nSPS) is 17.5. The minimum atomic E-state index is -0.281. The summed E-state index contributed by atoms with van der Waals surface area (Å²) in [5, 5.41) is 3.01. The van der Waals surface area contributed by atoms with Gasteiger partial charge in [0.25, 0.3) is 0 Å². The molecule has 0 aliphatic carbocycles. The summed E-state index contributed by atoms with van der Waals surface area (Å²) in [6.07, 6.45) is 0.286. The maximum Gasteiger partial charge on any atom is 0.224 e. The van der Waals surface area contributed by atoms with Crippen molar-refractivity contribution in [1.82, 2.24) is 10.2 Å². The zero-order chi connectivity index (χ0) is 15.9. The predicted octanol–water partition coefficient (Wildman–Crippen LogP) is 1.84. The Morgan fingerprint density at radius 1 is 1.27 bits per heavy atom. The van der Waals surface area contributed by atoms with E-state index in [1.807, 2.05) is 0 Å². The number of hydrogen-bond donors (Lipinski definition) is 1. The van der Waals surface area contributed by atoms with Crippen LogP contribution in [0.25, 0.3) is 0 Å². The van der Waals surface area contributed by atoms with Crippen molar-refractivity contribution in [3.05, 3.63) is 35.6 Å².